The van der Waals surface area contributed by atoms with E-state index in [4.69, 9.17) is 14.2 Å². The molecule has 0 spiro atoms. The van der Waals surface area contributed by atoms with Gasteiger partial charge in [-0.2, -0.15) is 0 Å². The Balaban J connectivity index is 0.000000224. The summed E-state index contributed by atoms with van der Waals surface area (Å²) in [6, 6.07) is 25.3. The van der Waals surface area contributed by atoms with Crippen molar-refractivity contribution < 1.29 is 42.2 Å². The number of nitrogens with zero attached hydrogens (tertiary/aromatic N) is 4. The highest BCUT2D eigenvalue weighted by molar-refractivity contribution is 5.96. The summed E-state index contributed by atoms with van der Waals surface area (Å²) in [5.74, 6) is -0.705. The van der Waals surface area contributed by atoms with Crippen LogP contribution in [0.1, 0.15) is 98.0 Å². The Morgan fingerprint density at radius 2 is 1.34 bits per heavy atom. The molecule has 0 unspecified atom stereocenters. The Bertz CT molecular complexity index is 2870. The molecule has 4 amide bonds. The first-order valence-corrected chi connectivity index (χ1v) is 26.5. The third kappa shape index (κ3) is 15.3. The number of H-pyrrole nitrogens is 2. The van der Waals surface area contributed by atoms with Gasteiger partial charge in [0.25, 0.3) is 0 Å². The third-order valence-corrected chi connectivity index (χ3v) is 14.3. The second kappa shape index (κ2) is 27.4. The van der Waals surface area contributed by atoms with Crippen molar-refractivity contribution in [3.8, 4) is 11.5 Å². The van der Waals surface area contributed by atoms with Crippen LogP contribution in [-0.4, -0.2) is 112 Å². The molecule has 0 bridgehead atoms. The number of imidazole rings is 2. The van der Waals surface area contributed by atoms with Gasteiger partial charge in [-0.25, -0.2) is 18.7 Å². The topological polar surface area (TPSA) is 184 Å². The summed E-state index contributed by atoms with van der Waals surface area (Å²) in [6.07, 6.45) is 16.4. The second-order valence-corrected chi connectivity index (χ2v) is 20.0. The van der Waals surface area contributed by atoms with Crippen LogP contribution in [0.4, 0.5) is 8.78 Å². The van der Waals surface area contributed by atoms with Gasteiger partial charge in [0.15, 0.2) is 0 Å². The van der Waals surface area contributed by atoms with E-state index in [1.54, 1.807) is 55.1 Å². The molecule has 4 aromatic carbocycles. The lowest BCUT2D eigenvalue weighted by Gasteiger charge is -2.52. The van der Waals surface area contributed by atoms with Gasteiger partial charge in [0.1, 0.15) is 40.8 Å². The standard InChI is InChI=1S/C30H36F2N4O3.C30H36N4O4/c1-3-4-5-14-30(25-12-8-22(31)16-26(25)32)18-36(19-30)29(38)27(15-21-6-10-24(39-2)11-7-21)35-28(37)13-9-23-17-33-20-34-23;1-4-5-16-38-30(26-9-7-6-8-22(26)2)19-34(20-30)29(36)27(17-23-10-13-25(37-3)14-11-23)33-28(35)15-12-24-18-31-21-32-24/h6-8,10-12,16-17,20,27H,3-5,9,13-15,18-19H2,1-2H3,(H,33,34)(H,35,37);6-15,18,21,27H,4-5,16-17,19-20H2,1-3H3,(H,31,32)(H,33,35)/t2*27-/m11/s1. The largest absolute Gasteiger partial charge is 0.497 e. The number of carbonyl (C=O) groups is 4. The first-order valence-electron chi connectivity index (χ1n) is 26.5. The van der Waals surface area contributed by atoms with Crippen LogP contribution in [0.5, 0.6) is 11.5 Å². The molecule has 408 valence electrons. The minimum Gasteiger partial charge on any atom is -0.497 e. The van der Waals surface area contributed by atoms with E-state index in [2.05, 4.69) is 63.5 Å². The number of hydrogen-bond donors (Lipinski definition) is 4. The molecule has 4 heterocycles. The number of rotatable bonds is 25. The molecule has 8 rings (SSSR count). The molecule has 0 saturated carbocycles. The molecule has 2 aromatic heterocycles. The number of unbranched alkanes of at least 4 members (excludes halogenated alkanes) is 3. The lowest BCUT2D eigenvalue weighted by Crippen LogP contribution is -2.66. The van der Waals surface area contributed by atoms with Crippen LogP contribution in [-0.2, 0) is 54.2 Å². The van der Waals surface area contributed by atoms with E-state index in [1.807, 2.05) is 60.7 Å². The third-order valence-electron chi connectivity index (χ3n) is 14.3. The van der Waals surface area contributed by atoms with Gasteiger partial charge in [0, 0.05) is 68.4 Å². The van der Waals surface area contributed by atoms with Crippen LogP contribution in [0.3, 0.4) is 0 Å². The Hall–Kier alpha value is -7.66. The summed E-state index contributed by atoms with van der Waals surface area (Å²) in [5, 5.41) is 5.84. The van der Waals surface area contributed by atoms with Crippen molar-refractivity contribution >= 4 is 29.7 Å². The zero-order valence-corrected chi connectivity index (χ0v) is 44.8. The van der Waals surface area contributed by atoms with Crippen molar-refractivity contribution in [2.24, 2.45) is 0 Å². The summed E-state index contributed by atoms with van der Waals surface area (Å²) in [4.78, 5) is 70.4. The van der Waals surface area contributed by atoms with Crippen molar-refractivity contribution in [2.45, 2.75) is 108 Å². The summed E-state index contributed by atoms with van der Waals surface area (Å²) < 4.78 is 45.4. The van der Waals surface area contributed by atoms with Crippen LogP contribution in [0.15, 0.2) is 122 Å². The molecule has 15 nitrogen and oxygen atoms in total. The number of aromatic amines is 2. The zero-order valence-electron chi connectivity index (χ0n) is 44.8. The van der Waals surface area contributed by atoms with Crippen molar-refractivity contribution in [3.63, 3.8) is 0 Å². The fraction of sp³-hybridized carbons (Fsp3) is 0.400. The fourth-order valence-electron chi connectivity index (χ4n) is 10.0. The van der Waals surface area contributed by atoms with Crippen molar-refractivity contribution in [1.82, 2.24) is 40.4 Å². The molecule has 17 heteroatoms. The Morgan fingerprint density at radius 1 is 0.727 bits per heavy atom. The summed E-state index contributed by atoms with van der Waals surface area (Å²) in [6.45, 7) is 8.47. The second-order valence-electron chi connectivity index (χ2n) is 20.0. The maximum Gasteiger partial charge on any atom is 0.245 e. The number of aryl methyl sites for hydroxylation is 2. The van der Waals surface area contributed by atoms with E-state index in [1.165, 1.54) is 18.2 Å². The maximum atomic E-state index is 14.9. The number of ether oxygens (including phenoxy) is 3. The van der Waals surface area contributed by atoms with E-state index in [-0.39, 0.29) is 30.0 Å². The lowest BCUT2D eigenvalue weighted by molar-refractivity contribution is -0.175. The first-order chi connectivity index (χ1) is 37.3. The van der Waals surface area contributed by atoms with Crippen molar-refractivity contribution in [3.05, 3.63) is 173 Å². The minimum atomic E-state index is -0.778. The molecule has 4 N–H and O–H groups in total. The van der Waals surface area contributed by atoms with E-state index >= 15 is 0 Å². The van der Waals surface area contributed by atoms with Crippen LogP contribution < -0.4 is 20.1 Å². The number of amides is 4. The molecule has 77 heavy (non-hydrogen) atoms. The highest BCUT2D eigenvalue weighted by atomic mass is 19.1. The average Bonchev–Trinajstić information content (AvgIpc) is 4.21. The van der Waals surface area contributed by atoms with Gasteiger partial charge in [-0.15, -0.1) is 0 Å². The summed E-state index contributed by atoms with van der Waals surface area (Å²) >= 11 is 0. The van der Waals surface area contributed by atoms with Gasteiger partial charge in [-0.3, -0.25) is 19.2 Å². The predicted molar refractivity (Wildman–Crippen MR) is 291 cm³/mol. The highest BCUT2D eigenvalue weighted by Crippen LogP contribution is 2.42. The SMILES string of the molecule is CCCCCC1(c2ccc(F)cc2F)CN(C(=O)[C@@H](Cc2ccc(OC)cc2)NC(=O)CCc2cnc[nH]2)C1.CCCCOC1(c2ccccc2C)CN(C(=O)[C@@H](Cc2ccc(OC)cc2)NC(=O)C=Cc2cnc[nH]2)C1. The van der Waals surface area contributed by atoms with Gasteiger partial charge in [-0.1, -0.05) is 94.1 Å². The van der Waals surface area contributed by atoms with Crippen LogP contribution >= 0.6 is 0 Å². The molecule has 2 saturated heterocycles. The number of carbonyl (C=O) groups excluding carboxylic acids is 4. The first kappa shape index (κ1) is 57.1. The van der Waals surface area contributed by atoms with Gasteiger partial charge >= 0.3 is 0 Å². The van der Waals surface area contributed by atoms with Crippen molar-refractivity contribution in [2.75, 3.05) is 47.0 Å². The van der Waals surface area contributed by atoms with Crippen LogP contribution in [0.2, 0.25) is 0 Å². The molecular formula is C60H72F2N8O7. The molecular weight excluding hydrogens is 983 g/mol. The van der Waals surface area contributed by atoms with Crippen LogP contribution in [0.25, 0.3) is 6.08 Å². The Labute approximate surface area is 450 Å². The minimum absolute atomic E-state index is 0.132. The van der Waals surface area contributed by atoms with Gasteiger partial charge in [-0.05, 0) is 90.4 Å². The number of hydrogen-bond acceptors (Lipinski definition) is 9. The molecule has 2 atom stereocenters. The van der Waals surface area contributed by atoms with E-state index in [9.17, 15) is 28.0 Å². The Morgan fingerprint density at radius 3 is 1.91 bits per heavy atom. The van der Waals surface area contributed by atoms with Gasteiger partial charge in [0.05, 0.1) is 51.9 Å². The molecule has 2 aliphatic heterocycles. The van der Waals surface area contributed by atoms with E-state index < -0.39 is 34.7 Å². The number of nitrogens with one attached hydrogen (secondary N) is 4. The average molecular weight is 1060 g/mol. The smallest absolute Gasteiger partial charge is 0.245 e. The van der Waals surface area contributed by atoms with E-state index in [0.717, 1.165) is 71.9 Å². The molecule has 0 radical (unpaired) electrons. The molecule has 2 aliphatic rings. The molecule has 0 aliphatic carbocycles. The quantitative estimate of drug-likeness (QED) is 0.0322. The number of halogens is 2. The summed E-state index contributed by atoms with van der Waals surface area (Å²) in [7, 11) is 3.20. The van der Waals surface area contributed by atoms with E-state index in [0.29, 0.717) is 75.5 Å². The van der Waals surface area contributed by atoms with Gasteiger partial charge < -0.3 is 44.6 Å². The van der Waals surface area contributed by atoms with Crippen molar-refractivity contribution in [1.29, 1.82) is 0 Å². The number of aromatic nitrogens is 4. The summed E-state index contributed by atoms with van der Waals surface area (Å²) in [5.41, 5.74) is 4.93. The predicted octanol–water partition coefficient (Wildman–Crippen LogP) is 8.74. The lowest BCUT2D eigenvalue weighted by atomic mass is 9.69. The zero-order chi connectivity index (χ0) is 54.8. The number of benzene rings is 4. The highest BCUT2D eigenvalue weighted by Gasteiger charge is 2.50. The Kier molecular flexibility index (Phi) is 20.3. The molecule has 6 aromatic rings. The number of methoxy groups -OCH3 is 2. The number of likely N-dealkylation sites (tertiary alicyclic amines) is 2. The maximum absolute atomic E-state index is 14.9. The van der Waals surface area contributed by atoms with Crippen LogP contribution in [0, 0.1) is 18.6 Å². The monoisotopic (exact) mass is 1050 g/mol. The normalized spacial score (nSPS) is 15.1. The van der Waals surface area contributed by atoms with Gasteiger partial charge in [0.2, 0.25) is 23.6 Å². The molecule has 2 fully saturated rings. The fourth-order valence-corrected chi connectivity index (χ4v) is 10.0.